The van der Waals surface area contributed by atoms with Crippen LogP contribution in [0.1, 0.15) is 56.1 Å². The Bertz CT molecular complexity index is 1520. The van der Waals surface area contributed by atoms with Crippen LogP contribution in [0.4, 0.5) is 8.78 Å². The van der Waals surface area contributed by atoms with Crippen molar-refractivity contribution in [1.29, 1.82) is 0 Å². The molecule has 0 amide bonds. The molecule has 5 aliphatic rings. The summed E-state index contributed by atoms with van der Waals surface area (Å²) in [6.45, 7) is 2.51. The van der Waals surface area contributed by atoms with Gasteiger partial charge in [-0.25, -0.2) is 8.78 Å². The van der Waals surface area contributed by atoms with Crippen molar-refractivity contribution in [2.24, 2.45) is 22.7 Å². The fourth-order valence-electron chi connectivity index (χ4n) is 9.34. The number of aliphatic hydroxyl groups excluding tert-OH is 2. The van der Waals surface area contributed by atoms with E-state index < -0.39 is 76.8 Å². The van der Waals surface area contributed by atoms with Crippen molar-refractivity contribution < 1.29 is 38.1 Å². The average molecular weight is 591 g/mol. The van der Waals surface area contributed by atoms with Gasteiger partial charge in [0, 0.05) is 22.3 Å². The molecule has 4 aliphatic carbocycles. The molecule has 1 saturated heterocycles. The maximum atomic E-state index is 17.5. The number of ether oxygens (including phenoxy) is 2. The van der Waals surface area contributed by atoms with Crippen LogP contribution in [0.5, 0.6) is 0 Å². The number of benzene rings is 2. The molecule has 43 heavy (non-hydrogen) atoms. The molecule has 2 aromatic rings. The van der Waals surface area contributed by atoms with Crippen LogP contribution in [0.25, 0.3) is 0 Å². The van der Waals surface area contributed by atoms with Gasteiger partial charge in [0.15, 0.2) is 29.1 Å². The maximum absolute atomic E-state index is 17.5. The summed E-state index contributed by atoms with van der Waals surface area (Å²) in [5.74, 6) is -2.56. The SMILES string of the molecule is C[C@]12C=CC(=O)C=C1[C@@H](F)C[C@H]1[C@@H]3C[C@H]4O[C@@H](c5ccc(Cc6ccccc6)cc5)O[C@@]4(C(=O)CO)[C@@]3(C)C[C@H](O)[C@@]12F. The molecule has 8 heteroatoms. The van der Waals surface area contributed by atoms with Gasteiger partial charge in [0.1, 0.15) is 12.8 Å². The second-order valence-corrected chi connectivity index (χ2v) is 13.4. The summed E-state index contributed by atoms with van der Waals surface area (Å²) in [6.07, 6.45) is -0.539. The molecule has 7 rings (SSSR count). The lowest BCUT2D eigenvalue weighted by atomic mass is 9.44. The van der Waals surface area contributed by atoms with E-state index in [9.17, 15) is 19.8 Å². The number of allylic oxidation sites excluding steroid dienone is 4. The van der Waals surface area contributed by atoms with Crippen molar-refractivity contribution >= 4 is 11.6 Å². The molecule has 2 N–H and O–H groups in total. The fraction of sp³-hybridized carbons (Fsp3) is 0.486. The summed E-state index contributed by atoms with van der Waals surface area (Å²) in [5, 5.41) is 21.8. The molecular formula is C35H36F2O6. The number of carbonyl (C=O) groups excluding carboxylic acids is 2. The normalized spacial score (nSPS) is 42.9. The lowest BCUT2D eigenvalue weighted by Gasteiger charge is -2.63. The van der Waals surface area contributed by atoms with Crippen molar-refractivity contribution in [3.63, 3.8) is 0 Å². The standard InChI is InChI=1S/C35H36F2O6/c1-32-13-12-23(39)15-26(32)27(36)16-25-24-17-30-35(29(41)19-38,33(24,2)18-28(40)34(25,32)37)43-31(42-30)22-10-8-21(9-11-22)14-20-6-4-3-5-7-20/h3-13,15,24-25,27-28,30-31,38,40H,14,16-19H2,1-2H3/t24-,25-,27-,28-,30+,31+,32-,33-,34-,35+/m0/s1. The second-order valence-electron chi connectivity index (χ2n) is 13.4. The summed E-state index contributed by atoms with van der Waals surface area (Å²) in [4.78, 5) is 25.8. The van der Waals surface area contributed by atoms with Crippen LogP contribution in [-0.2, 0) is 25.5 Å². The number of hydrogen-bond donors (Lipinski definition) is 2. The van der Waals surface area contributed by atoms with E-state index in [0.717, 1.165) is 18.1 Å². The van der Waals surface area contributed by atoms with Gasteiger partial charge in [-0.3, -0.25) is 9.59 Å². The van der Waals surface area contributed by atoms with Crippen molar-refractivity contribution in [3.8, 4) is 0 Å². The molecule has 1 aliphatic heterocycles. The number of carbonyl (C=O) groups is 2. The first-order valence-electron chi connectivity index (χ1n) is 15.0. The topological polar surface area (TPSA) is 93.1 Å². The summed E-state index contributed by atoms with van der Waals surface area (Å²) in [6, 6.07) is 17.8. The van der Waals surface area contributed by atoms with E-state index in [0.29, 0.717) is 5.56 Å². The quantitative estimate of drug-likeness (QED) is 0.514. The van der Waals surface area contributed by atoms with Crippen molar-refractivity contribution in [1.82, 2.24) is 0 Å². The van der Waals surface area contributed by atoms with Crippen LogP contribution in [0, 0.1) is 22.7 Å². The van der Waals surface area contributed by atoms with E-state index >= 15 is 8.78 Å². The van der Waals surface area contributed by atoms with Gasteiger partial charge in [-0.2, -0.15) is 0 Å². The minimum absolute atomic E-state index is 0.0454. The van der Waals surface area contributed by atoms with Crippen LogP contribution in [0.3, 0.4) is 0 Å². The average Bonchev–Trinajstić information content (AvgIpc) is 3.49. The van der Waals surface area contributed by atoms with Gasteiger partial charge >= 0.3 is 0 Å². The lowest BCUT2D eigenvalue weighted by Crippen LogP contribution is -2.70. The predicted molar refractivity (Wildman–Crippen MR) is 153 cm³/mol. The van der Waals surface area contributed by atoms with E-state index in [1.165, 1.54) is 17.7 Å². The number of rotatable bonds is 5. The zero-order valence-electron chi connectivity index (χ0n) is 24.2. The Morgan fingerprint density at radius 2 is 1.72 bits per heavy atom. The number of Topliss-reactive ketones (excluding diaryl/α,β-unsaturated/α-hetero) is 1. The number of halogens is 2. The summed E-state index contributed by atoms with van der Waals surface area (Å²) in [5.41, 5.74) is -3.59. The smallest absolute Gasteiger partial charge is 0.193 e. The van der Waals surface area contributed by atoms with Gasteiger partial charge in [0.25, 0.3) is 0 Å². The van der Waals surface area contributed by atoms with Gasteiger partial charge in [0.05, 0.1) is 12.2 Å². The zero-order chi connectivity index (χ0) is 30.4. The first-order valence-corrected chi connectivity index (χ1v) is 15.0. The third-order valence-corrected chi connectivity index (χ3v) is 11.4. The Balaban J connectivity index is 1.22. The van der Waals surface area contributed by atoms with Crippen LogP contribution < -0.4 is 0 Å². The summed E-state index contributed by atoms with van der Waals surface area (Å²) < 4.78 is 46.3. The summed E-state index contributed by atoms with van der Waals surface area (Å²) in [7, 11) is 0. The van der Waals surface area contributed by atoms with E-state index in [1.54, 1.807) is 13.8 Å². The fourth-order valence-corrected chi connectivity index (χ4v) is 9.34. The monoisotopic (exact) mass is 590 g/mol. The highest BCUT2D eigenvalue weighted by Crippen LogP contribution is 2.72. The second kappa shape index (κ2) is 9.73. The minimum atomic E-state index is -2.28. The first kappa shape index (κ1) is 28.7. The van der Waals surface area contributed by atoms with Crippen LogP contribution in [0.2, 0.25) is 0 Å². The van der Waals surface area contributed by atoms with Crippen LogP contribution in [-0.4, -0.2) is 58.0 Å². The molecule has 3 saturated carbocycles. The van der Waals surface area contributed by atoms with E-state index in [1.807, 2.05) is 42.5 Å². The van der Waals surface area contributed by atoms with E-state index in [2.05, 4.69) is 12.1 Å². The summed E-state index contributed by atoms with van der Waals surface area (Å²) >= 11 is 0. The Kier molecular flexibility index (Phi) is 6.50. The van der Waals surface area contributed by atoms with Gasteiger partial charge < -0.3 is 19.7 Å². The van der Waals surface area contributed by atoms with Crippen molar-refractivity contribution in [2.75, 3.05) is 6.61 Å². The van der Waals surface area contributed by atoms with Crippen LogP contribution in [0.15, 0.2) is 78.4 Å². The highest BCUT2D eigenvalue weighted by Gasteiger charge is 2.80. The van der Waals surface area contributed by atoms with Gasteiger partial charge in [0.2, 0.25) is 0 Å². The largest absolute Gasteiger partial charge is 0.390 e. The Hall–Kier alpha value is -3.04. The van der Waals surface area contributed by atoms with Crippen molar-refractivity contribution in [2.45, 2.75) is 75.5 Å². The molecule has 1 heterocycles. The van der Waals surface area contributed by atoms with Gasteiger partial charge in [-0.1, -0.05) is 67.6 Å². The molecule has 0 unspecified atom stereocenters. The molecule has 0 spiro atoms. The van der Waals surface area contributed by atoms with E-state index in [-0.39, 0.29) is 24.8 Å². The molecule has 10 atom stereocenters. The number of hydrogen-bond acceptors (Lipinski definition) is 6. The number of fused-ring (bicyclic) bond motifs is 7. The molecule has 6 nitrogen and oxygen atoms in total. The highest BCUT2D eigenvalue weighted by molar-refractivity contribution is 6.01. The molecule has 0 aromatic heterocycles. The Morgan fingerprint density at radius 1 is 1.02 bits per heavy atom. The van der Waals surface area contributed by atoms with Gasteiger partial charge in [-0.05, 0) is 67.4 Å². The predicted octanol–water partition coefficient (Wildman–Crippen LogP) is 4.92. The van der Waals surface area contributed by atoms with Crippen LogP contribution >= 0.6 is 0 Å². The van der Waals surface area contributed by atoms with E-state index in [4.69, 9.17) is 9.47 Å². The molecule has 2 aromatic carbocycles. The Morgan fingerprint density at radius 3 is 2.42 bits per heavy atom. The zero-order valence-corrected chi connectivity index (χ0v) is 24.2. The number of alkyl halides is 2. The maximum Gasteiger partial charge on any atom is 0.193 e. The molecule has 226 valence electrons. The number of ketones is 2. The number of aliphatic hydroxyl groups is 2. The molecule has 4 fully saturated rings. The minimum Gasteiger partial charge on any atom is -0.390 e. The Labute approximate surface area is 249 Å². The third-order valence-electron chi connectivity index (χ3n) is 11.4. The third kappa shape index (κ3) is 3.76. The highest BCUT2D eigenvalue weighted by atomic mass is 19.1. The first-order chi connectivity index (χ1) is 20.5. The lowest BCUT2D eigenvalue weighted by molar-refractivity contribution is -0.235. The van der Waals surface area contributed by atoms with Crippen molar-refractivity contribution in [3.05, 3.63) is 95.1 Å². The molecular weight excluding hydrogens is 554 g/mol. The van der Waals surface area contributed by atoms with Gasteiger partial charge in [-0.15, -0.1) is 0 Å². The molecule has 0 radical (unpaired) electrons. The molecule has 0 bridgehead atoms.